The van der Waals surface area contributed by atoms with E-state index in [9.17, 15) is 0 Å². The summed E-state index contributed by atoms with van der Waals surface area (Å²) in [6, 6.07) is 4.03. The van der Waals surface area contributed by atoms with E-state index in [1.165, 1.54) is 5.69 Å². The first kappa shape index (κ1) is 10.8. The van der Waals surface area contributed by atoms with E-state index < -0.39 is 0 Å². The van der Waals surface area contributed by atoms with E-state index in [1.807, 2.05) is 17.8 Å². The van der Waals surface area contributed by atoms with Gasteiger partial charge >= 0.3 is 0 Å². The van der Waals surface area contributed by atoms with Gasteiger partial charge in [0.05, 0.1) is 18.1 Å². The normalized spacial score (nSPS) is 11.8. The lowest BCUT2D eigenvalue weighted by atomic mass is 9.91. The van der Waals surface area contributed by atoms with Crippen LogP contribution < -0.4 is 0 Å². The summed E-state index contributed by atoms with van der Waals surface area (Å²) in [5.74, 6) is 0. The van der Waals surface area contributed by atoms with Crippen LogP contribution in [0.4, 0.5) is 0 Å². The fourth-order valence-electron chi connectivity index (χ4n) is 1.75. The number of nitrogens with zero attached hydrogens (tertiary/aromatic N) is 4. The molecule has 0 unspecified atom stereocenters. The summed E-state index contributed by atoms with van der Waals surface area (Å²) in [6.07, 6.45) is 3.41. The minimum Gasteiger partial charge on any atom is -0.272 e. The number of aryl methyl sites for hydroxylation is 1. The van der Waals surface area contributed by atoms with Gasteiger partial charge in [0.15, 0.2) is 0 Å². The summed E-state index contributed by atoms with van der Waals surface area (Å²) in [4.78, 5) is 0. The molecule has 0 atom stereocenters. The SMILES string of the molecule is Cn1nc(-c2ccnnc2)cc1C(C)(C)C. The zero-order valence-corrected chi connectivity index (χ0v) is 10.1. The molecule has 0 N–H and O–H groups in total. The molecule has 0 saturated heterocycles. The molecule has 2 aromatic rings. The zero-order chi connectivity index (χ0) is 11.8. The second-order valence-electron chi connectivity index (χ2n) is 4.92. The maximum atomic E-state index is 4.50. The van der Waals surface area contributed by atoms with E-state index >= 15 is 0 Å². The fraction of sp³-hybridized carbons (Fsp3) is 0.417. The first-order valence-electron chi connectivity index (χ1n) is 5.30. The number of aromatic nitrogens is 4. The molecular formula is C12H16N4. The van der Waals surface area contributed by atoms with Gasteiger partial charge < -0.3 is 0 Å². The minimum absolute atomic E-state index is 0.0977. The molecular weight excluding hydrogens is 200 g/mol. The van der Waals surface area contributed by atoms with E-state index in [0.717, 1.165) is 11.3 Å². The summed E-state index contributed by atoms with van der Waals surface area (Å²) < 4.78 is 1.93. The van der Waals surface area contributed by atoms with Crippen LogP contribution in [0.2, 0.25) is 0 Å². The number of rotatable bonds is 1. The van der Waals surface area contributed by atoms with Crippen molar-refractivity contribution in [1.29, 1.82) is 0 Å². The summed E-state index contributed by atoms with van der Waals surface area (Å²) in [5, 5.41) is 12.1. The Morgan fingerprint density at radius 3 is 2.44 bits per heavy atom. The first-order chi connectivity index (χ1) is 7.48. The third-order valence-electron chi connectivity index (χ3n) is 2.53. The molecule has 0 aromatic carbocycles. The Balaban J connectivity index is 2.47. The molecule has 2 heterocycles. The van der Waals surface area contributed by atoms with Gasteiger partial charge in [0, 0.05) is 23.7 Å². The Labute approximate surface area is 95.3 Å². The lowest BCUT2D eigenvalue weighted by Crippen LogP contribution is -2.16. The van der Waals surface area contributed by atoms with Crippen LogP contribution in [-0.2, 0) is 12.5 Å². The fourth-order valence-corrected chi connectivity index (χ4v) is 1.75. The average molecular weight is 216 g/mol. The van der Waals surface area contributed by atoms with Crippen molar-refractivity contribution in [1.82, 2.24) is 20.0 Å². The van der Waals surface area contributed by atoms with Gasteiger partial charge in [-0.05, 0) is 12.1 Å². The van der Waals surface area contributed by atoms with Gasteiger partial charge in [0.2, 0.25) is 0 Å². The van der Waals surface area contributed by atoms with Gasteiger partial charge in [0.1, 0.15) is 0 Å². The van der Waals surface area contributed by atoms with Gasteiger partial charge in [-0.25, -0.2) is 0 Å². The van der Waals surface area contributed by atoms with Crippen LogP contribution >= 0.6 is 0 Å². The second-order valence-corrected chi connectivity index (χ2v) is 4.92. The van der Waals surface area contributed by atoms with Crippen LogP contribution in [0.1, 0.15) is 26.5 Å². The minimum atomic E-state index is 0.0977. The Morgan fingerprint density at radius 2 is 1.94 bits per heavy atom. The van der Waals surface area contributed by atoms with Crippen molar-refractivity contribution in [3.63, 3.8) is 0 Å². The molecule has 0 radical (unpaired) electrons. The highest BCUT2D eigenvalue weighted by Gasteiger charge is 2.19. The van der Waals surface area contributed by atoms with Crippen LogP contribution in [0.25, 0.3) is 11.3 Å². The number of hydrogen-bond acceptors (Lipinski definition) is 3. The predicted molar refractivity (Wildman–Crippen MR) is 62.9 cm³/mol. The van der Waals surface area contributed by atoms with E-state index in [2.05, 4.69) is 42.1 Å². The Bertz CT molecular complexity index is 479. The quantitative estimate of drug-likeness (QED) is 0.733. The topological polar surface area (TPSA) is 43.6 Å². The molecule has 4 nitrogen and oxygen atoms in total. The summed E-state index contributed by atoms with van der Waals surface area (Å²) in [7, 11) is 1.97. The molecule has 0 aliphatic carbocycles. The van der Waals surface area contributed by atoms with Crippen LogP contribution in [0, 0.1) is 0 Å². The molecule has 0 bridgehead atoms. The molecule has 2 aromatic heterocycles. The summed E-state index contributed by atoms with van der Waals surface area (Å²) >= 11 is 0. The van der Waals surface area contributed by atoms with E-state index in [0.29, 0.717) is 0 Å². The van der Waals surface area contributed by atoms with Crippen molar-refractivity contribution >= 4 is 0 Å². The lowest BCUT2D eigenvalue weighted by molar-refractivity contribution is 0.523. The highest BCUT2D eigenvalue weighted by atomic mass is 15.3. The van der Waals surface area contributed by atoms with Crippen molar-refractivity contribution < 1.29 is 0 Å². The molecule has 84 valence electrons. The van der Waals surface area contributed by atoms with E-state index in [4.69, 9.17) is 0 Å². The second kappa shape index (κ2) is 3.70. The van der Waals surface area contributed by atoms with Gasteiger partial charge in [-0.3, -0.25) is 4.68 Å². The van der Waals surface area contributed by atoms with Gasteiger partial charge in [-0.1, -0.05) is 20.8 Å². The molecule has 0 aliphatic heterocycles. The predicted octanol–water partition coefficient (Wildman–Crippen LogP) is 2.17. The van der Waals surface area contributed by atoms with Crippen molar-refractivity contribution in [3.8, 4) is 11.3 Å². The Kier molecular flexibility index (Phi) is 2.50. The highest BCUT2D eigenvalue weighted by Crippen LogP contribution is 2.26. The lowest BCUT2D eigenvalue weighted by Gasteiger charge is -2.17. The third-order valence-corrected chi connectivity index (χ3v) is 2.53. The van der Waals surface area contributed by atoms with Crippen molar-refractivity contribution in [2.75, 3.05) is 0 Å². The van der Waals surface area contributed by atoms with Crippen molar-refractivity contribution in [2.45, 2.75) is 26.2 Å². The van der Waals surface area contributed by atoms with Crippen LogP contribution in [0.5, 0.6) is 0 Å². The molecule has 4 heteroatoms. The maximum absolute atomic E-state index is 4.50. The van der Waals surface area contributed by atoms with Gasteiger partial charge in [-0.15, -0.1) is 0 Å². The zero-order valence-electron chi connectivity index (χ0n) is 10.1. The van der Waals surface area contributed by atoms with E-state index in [1.54, 1.807) is 12.4 Å². The number of hydrogen-bond donors (Lipinski definition) is 0. The van der Waals surface area contributed by atoms with E-state index in [-0.39, 0.29) is 5.41 Å². The molecule has 0 aliphatic rings. The summed E-state index contributed by atoms with van der Waals surface area (Å²) in [6.45, 7) is 6.54. The smallest absolute Gasteiger partial charge is 0.0942 e. The molecule has 0 amide bonds. The van der Waals surface area contributed by atoms with Gasteiger partial charge in [0.25, 0.3) is 0 Å². The van der Waals surface area contributed by atoms with Crippen LogP contribution in [0.15, 0.2) is 24.5 Å². The standard InChI is InChI=1S/C12H16N4/c1-12(2,3)11-7-10(15-16(11)4)9-5-6-13-14-8-9/h5-8H,1-4H3. The largest absolute Gasteiger partial charge is 0.272 e. The van der Waals surface area contributed by atoms with Crippen molar-refractivity contribution in [2.24, 2.45) is 7.05 Å². The molecule has 0 fully saturated rings. The highest BCUT2D eigenvalue weighted by molar-refractivity contribution is 5.57. The molecule has 16 heavy (non-hydrogen) atoms. The van der Waals surface area contributed by atoms with Crippen LogP contribution in [-0.4, -0.2) is 20.0 Å². The van der Waals surface area contributed by atoms with Crippen molar-refractivity contribution in [3.05, 3.63) is 30.2 Å². The monoisotopic (exact) mass is 216 g/mol. The average Bonchev–Trinajstić information content (AvgIpc) is 2.61. The van der Waals surface area contributed by atoms with Gasteiger partial charge in [-0.2, -0.15) is 15.3 Å². The van der Waals surface area contributed by atoms with Crippen LogP contribution in [0.3, 0.4) is 0 Å². The third kappa shape index (κ3) is 1.96. The Morgan fingerprint density at radius 1 is 1.19 bits per heavy atom. The molecule has 0 spiro atoms. The molecule has 0 saturated carbocycles. The molecule has 2 rings (SSSR count). The Hall–Kier alpha value is -1.71. The summed E-state index contributed by atoms with van der Waals surface area (Å²) in [5.41, 5.74) is 3.25. The maximum Gasteiger partial charge on any atom is 0.0942 e. The first-order valence-corrected chi connectivity index (χ1v) is 5.30.